The minimum absolute atomic E-state index is 0.705. The van der Waals surface area contributed by atoms with E-state index >= 15 is 0 Å². The first-order valence-electron chi connectivity index (χ1n) is 11.1. The first kappa shape index (κ1) is 35.2. The van der Waals surface area contributed by atoms with Gasteiger partial charge in [-0.15, -0.1) is 0 Å². The average Bonchev–Trinajstić information content (AvgIpc) is 2.79. The van der Waals surface area contributed by atoms with Crippen molar-refractivity contribution in [3.05, 3.63) is 0 Å². The van der Waals surface area contributed by atoms with Gasteiger partial charge in [0.25, 0.3) is 0 Å². The summed E-state index contributed by atoms with van der Waals surface area (Å²) in [6.45, 7) is 7.07. The molecule has 0 bridgehead atoms. The van der Waals surface area contributed by atoms with Crippen LogP contribution in [0.1, 0.15) is 66.2 Å². The molecule has 0 saturated heterocycles. The van der Waals surface area contributed by atoms with Crippen molar-refractivity contribution in [1.29, 1.82) is 0 Å². The third-order valence-corrected chi connectivity index (χ3v) is 20.9. The number of rotatable bonds is 25. The summed E-state index contributed by atoms with van der Waals surface area (Å²) in [4.78, 5) is 0. The lowest BCUT2D eigenvalue weighted by molar-refractivity contribution is 0.246. The van der Waals surface area contributed by atoms with Crippen LogP contribution in [0.2, 0.25) is 0 Å². The van der Waals surface area contributed by atoms with Crippen molar-refractivity contribution >= 4 is 97.5 Å². The lowest BCUT2D eigenvalue weighted by atomic mass is 10.5. The monoisotopic (exact) mass is 638 g/mol. The van der Waals surface area contributed by atoms with Crippen molar-refractivity contribution in [1.82, 2.24) is 0 Å². The van der Waals surface area contributed by atoms with Crippen molar-refractivity contribution in [3.63, 3.8) is 0 Å². The third-order valence-electron chi connectivity index (χ3n) is 3.47. The zero-order valence-corrected chi connectivity index (χ0v) is 28.0. The average molecular weight is 639 g/mol. The molecular weight excluding hydrogens is 599 g/mol. The molecule has 0 spiro atoms. The predicted molar refractivity (Wildman–Crippen MR) is 168 cm³/mol. The largest absolute Gasteiger partial charge is 0.329 e. The van der Waals surface area contributed by atoms with E-state index in [4.69, 9.17) is 41.7 Å². The van der Waals surface area contributed by atoms with Crippen LogP contribution in [0.4, 0.5) is 0 Å². The van der Waals surface area contributed by atoms with E-state index in [1.807, 2.05) is 60.9 Å². The Morgan fingerprint density at radius 3 is 1.12 bits per heavy atom. The molecule has 0 saturated carbocycles. The van der Waals surface area contributed by atoms with E-state index in [0.29, 0.717) is 26.4 Å². The molecule has 0 N–H and O–H groups in total. The molecule has 0 aromatic carbocycles. The van der Waals surface area contributed by atoms with Gasteiger partial charge in [0.05, 0.1) is 26.4 Å². The topological polar surface area (TPSA) is 36.9 Å². The molecule has 0 rings (SSSR count). The molecule has 0 aliphatic heterocycles. The summed E-state index contributed by atoms with van der Waals surface area (Å²) >= 11 is 11.4. The fraction of sp³-hybridized carbons (Fsp3) is 1.00. The van der Waals surface area contributed by atoms with Gasteiger partial charge < -0.3 is 18.1 Å². The van der Waals surface area contributed by atoms with Crippen LogP contribution >= 0.6 is 73.9 Å². The van der Waals surface area contributed by atoms with Crippen LogP contribution < -0.4 is 0 Å². The Bertz CT molecular complexity index is 451. The second-order valence-corrected chi connectivity index (χ2v) is 24.1. The third kappa shape index (κ3) is 21.3. The van der Waals surface area contributed by atoms with E-state index < -0.39 is 13.0 Å². The minimum atomic E-state index is -2.09. The molecule has 194 valence electrons. The molecule has 14 heteroatoms. The highest BCUT2D eigenvalue weighted by Crippen LogP contribution is 2.54. The number of hydrogen-bond donors (Lipinski definition) is 0. The van der Waals surface area contributed by atoms with Gasteiger partial charge in [0.1, 0.15) is 0 Å². The molecule has 0 aromatic heterocycles. The highest BCUT2D eigenvalue weighted by molar-refractivity contribution is 9.41. The zero-order chi connectivity index (χ0) is 24.0. The van der Waals surface area contributed by atoms with E-state index in [9.17, 15) is 0 Å². The van der Waals surface area contributed by atoms with Gasteiger partial charge in [0.2, 0.25) is 0 Å². The van der Waals surface area contributed by atoms with Crippen LogP contribution in [0.15, 0.2) is 0 Å². The van der Waals surface area contributed by atoms with Gasteiger partial charge in [-0.05, 0) is 101 Å². The predicted octanol–water partition coefficient (Wildman–Crippen LogP) is 10.1. The Morgan fingerprint density at radius 1 is 0.531 bits per heavy atom. The first-order chi connectivity index (χ1) is 15.4. The summed E-state index contributed by atoms with van der Waals surface area (Å²) in [5.74, 6) is 2.14. The van der Waals surface area contributed by atoms with Crippen LogP contribution in [-0.2, 0) is 41.7 Å². The van der Waals surface area contributed by atoms with Gasteiger partial charge in [0, 0.05) is 23.8 Å². The molecule has 0 aromatic rings. The normalized spacial score (nSPS) is 12.5. The Balaban J connectivity index is 3.74. The highest BCUT2D eigenvalue weighted by Gasteiger charge is 2.19. The van der Waals surface area contributed by atoms with Crippen molar-refractivity contribution in [2.45, 2.75) is 66.2 Å². The van der Waals surface area contributed by atoms with Gasteiger partial charge in [0.15, 0.2) is 13.0 Å². The van der Waals surface area contributed by atoms with Gasteiger partial charge in [-0.3, -0.25) is 0 Å². The Hall–Kier alpha value is 3.24. The summed E-state index contributed by atoms with van der Waals surface area (Å²) in [6.07, 6.45) is 7.76. The number of hydrogen-bond acceptors (Lipinski definition) is 12. The molecule has 4 nitrogen and oxygen atoms in total. The Kier molecular flexibility index (Phi) is 27.1. The molecule has 0 fully saturated rings. The quantitative estimate of drug-likeness (QED) is 0.0542. The molecule has 0 radical (unpaired) electrons. The van der Waals surface area contributed by atoms with Crippen LogP contribution in [0.3, 0.4) is 0 Å². The van der Waals surface area contributed by atoms with Gasteiger partial charge in [-0.2, -0.15) is 0 Å². The molecule has 0 unspecified atom stereocenters. The van der Waals surface area contributed by atoms with E-state index in [2.05, 4.69) is 27.7 Å². The summed E-state index contributed by atoms with van der Waals surface area (Å²) < 4.78 is 23.5. The van der Waals surface area contributed by atoms with Crippen molar-refractivity contribution < 1.29 is 18.1 Å². The van der Waals surface area contributed by atoms with E-state index in [-0.39, 0.29) is 0 Å². The smallest absolute Gasteiger partial charge is 0.188 e. The van der Waals surface area contributed by atoms with Crippen molar-refractivity contribution in [3.8, 4) is 0 Å². The maximum absolute atomic E-state index is 5.88. The first-order valence-corrected chi connectivity index (χ1v) is 24.6. The van der Waals surface area contributed by atoms with Crippen LogP contribution in [-0.4, -0.2) is 50.3 Å². The van der Waals surface area contributed by atoms with Crippen LogP contribution in [0, 0.1) is 0 Å². The molecule has 0 aliphatic carbocycles. The standard InChI is InChI=1S/C18H40O4P2S8/c1-5-11-19-23(25,20-12-6-2)15-9-17-27-29-31-32-30-28-18-10-16-24(26,21-13-7-3)22-14-8-4/h5-18H2,1-4H3. The lowest BCUT2D eigenvalue weighted by Crippen LogP contribution is -2.02. The molecule has 32 heavy (non-hydrogen) atoms. The zero-order valence-electron chi connectivity index (χ0n) is 19.7. The van der Waals surface area contributed by atoms with E-state index in [1.54, 1.807) is 0 Å². The van der Waals surface area contributed by atoms with E-state index in [1.165, 1.54) is 0 Å². The molecule has 0 aliphatic rings. The molecule has 0 atom stereocenters. The maximum atomic E-state index is 5.88. The molecular formula is C18H40O4P2S8. The van der Waals surface area contributed by atoms with Gasteiger partial charge >= 0.3 is 0 Å². The SMILES string of the molecule is CCCOP(=S)(CCCSSSSSSCCCP(=S)(OCCC)OCCC)OCCC. The fourth-order valence-electron chi connectivity index (χ4n) is 2.02. The van der Waals surface area contributed by atoms with Crippen LogP contribution in [0.5, 0.6) is 0 Å². The van der Waals surface area contributed by atoms with E-state index in [0.717, 1.165) is 62.4 Å². The minimum Gasteiger partial charge on any atom is -0.329 e. The lowest BCUT2D eigenvalue weighted by Gasteiger charge is -2.22. The van der Waals surface area contributed by atoms with Crippen molar-refractivity contribution in [2.24, 2.45) is 0 Å². The second-order valence-electron chi connectivity index (χ2n) is 6.63. The highest BCUT2D eigenvalue weighted by atomic mass is 33.9. The Morgan fingerprint density at radius 2 is 0.844 bits per heavy atom. The van der Waals surface area contributed by atoms with Crippen LogP contribution in [0.25, 0.3) is 0 Å². The summed E-state index contributed by atoms with van der Waals surface area (Å²) in [5, 5.41) is 0. The van der Waals surface area contributed by atoms with Crippen molar-refractivity contribution in [2.75, 3.05) is 50.3 Å². The summed E-state index contributed by atoms with van der Waals surface area (Å²) in [7, 11) is 11.1. The maximum Gasteiger partial charge on any atom is 0.188 e. The summed E-state index contributed by atoms with van der Waals surface area (Å²) in [5.41, 5.74) is 0. The molecule has 0 heterocycles. The van der Waals surface area contributed by atoms with Gasteiger partial charge in [-0.1, -0.05) is 49.3 Å². The summed E-state index contributed by atoms with van der Waals surface area (Å²) in [6, 6.07) is 0. The Labute approximate surface area is 230 Å². The molecule has 0 amide bonds. The fourth-order valence-corrected chi connectivity index (χ4v) is 19.3. The van der Waals surface area contributed by atoms with Gasteiger partial charge in [-0.25, -0.2) is 0 Å². The second kappa shape index (κ2) is 24.6.